The fourth-order valence-corrected chi connectivity index (χ4v) is 2.36. The van der Waals surface area contributed by atoms with Gasteiger partial charge in [0.05, 0.1) is 12.8 Å². The molecule has 0 radical (unpaired) electrons. The van der Waals surface area contributed by atoms with Crippen LogP contribution in [0.25, 0.3) is 0 Å². The maximum Gasteiger partial charge on any atom is 0.164 e. The van der Waals surface area contributed by atoms with Crippen LogP contribution in [-0.4, -0.2) is 59.1 Å². The van der Waals surface area contributed by atoms with E-state index in [1.54, 1.807) is 27.7 Å². The molecule has 0 bridgehead atoms. The van der Waals surface area contributed by atoms with Crippen LogP contribution < -0.4 is 0 Å². The molecule has 0 aromatic rings. The number of ether oxygens (including phenoxy) is 4. The van der Waals surface area contributed by atoms with E-state index < -0.39 is 36.0 Å². The number of nitrogens with zero attached hydrogens (tertiary/aromatic N) is 1. The third-order valence-corrected chi connectivity index (χ3v) is 3.13. The molecule has 2 aliphatic heterocycles. The molecule has 0 aromatic heterocycles. The summed E-state index contributed by atoms with van der Waals surface area (Å²) in [5, 5.41) is 22.0. The molecule has 2 heterocycles. The van der Waals surface area contributed by atoms with Gasteiger partial charge >= 0.3 is 0 Å². The molecule has 2 rings (SSSR count). The third-order valence-electron chi connectivity index (χ3n) is 3.13. The van der Waals surface area contributed by atoms with Crippen molar-refractivity contribution in [3.63, 3.8) is 0 Å². The summed E-state index contributed by atoms with van der Waals surface area (Å²) >= 11 is 0. The van der Waals surface area contributed by atoms with Crippen LogP contribution in [-0.2, 0) is 18.9 Å². The van der Waals surface area contributed by atoms with Crippen molar-refractivity contribution in [2.75, 3.05) is 6.61 Å². The summed E-state index contributed by atoms with van der Waals surface area (Å²) in [6, 6.07) is 0. The van der Waals surface area contributed by atoms with E-state index in [2.05, 4.69) is 5.16 Å². The SMILES string of the molecule is CC1(C)O[C@@H]([C@H](O)[C@H]2COC(C)(C)O2)[C@@H](/C=N\O)O1. The Balaban J connectivity index is 2.07. The van der Waals surface area contributed by atoms with Gasteiger partial charge < -0.3 is 29.3 Å². The predicted octanol–water partition coefficient (Wildman–Crippen LogP) is 0.479. The van der Waals surface area contributed by atoms with Gasteiger partial charge in [-0.15, -0.1) is 0 Å². The Morgan fingerprint density at radius 1 is 1.16 bits per heavy atom. The number of aliphatic hydroxyl groups excluding tert-OH is 1. The second-order valence-electron chi connectivity index (χ2n) is 5.69. The number of hydrogen-bond acceptors (Lipinski definition) is 7. The van der Waals surface area contributed by atoms with Crippen molar-refractivity contribution >= 4 is 6.21 Å². The van der Waals surface area contributed by atoms with Crippen LogP contribution in [0.5, 0.6) is 0 Å². The van der Waals surface area contributed by atoms with Gasteiger partial charge in [0, 0.05) is 0 Å². The lowest BCUT2D eigenvalue weighted by molar-refractivity contribution is -0.178. The van der Waals surface area contributed by atoms with Gasteiger partial charge in [0.2, 0.25) is 0 Å². The number of oxime groups is 1. The maximum absolute atomic E-state index is 10.4. The van der Waals surface area contributed by atoms with Crippen molar-refractivity contribution < 1.29 is 29.3 Å². The molecule has 2 fully saturated rings. The van der Waals surface area contributed by atoms with E-state index in [0.29, 0.717) is 0 Å². The monoisotopic (exact) mass is 275 g/mol. The minimum absolute atomic E-state index is 0.275. The van der Waals surface area contributed by atoms with Crippen molar-refractivity contribution in [3.8, 4) is 0 Å². The number of aliphatic hydroxyl groups is 1. The Hall–Kier alpha value is -0.730. The van der Waals surface area contributed by atoms with Crippen molar-refractivity contribution in [2.45, 2.75) is 63.7 Å². The third kappa shape index (κ3) is 3.24. The van der Waals surface area contributed by atoms with E-state index in [1.807, 2.05) is 0 Å². The van der Waals surface area contributed by atoms with Crippen LogP contribution in [0.1, 0.15) is 27.7 Å². The van der Waals surface area contributed by atoms with Gasteiger partial charge in [0.25, 0.3) is 0 Å². The number of hydrogen-bond donors (Lipinski definition) is 2. The molecule has 19 heavy (non-hydrogen) atoms. The Bertz CT molecular complexity index is 356. The summed E-state index contributed by atoms with van der Waals surface area (Å²) in [6.45, 7) is 7.30. The van der Waals surface area contributed by atoms with E-state index in [9.17, 15) is 5.11 Å². The van der Waals surface area contributed by atoms with Gasteiger partial charge in [-0.2, -0.15) is 0 Å². The highest BCUT2D eigenvalue weighted by atomic mass is 16.8. The summed E-state index contributed by atoms with van der Waals surface area (Å²) in [4.78, 5) is 0. The molecule has 0 aromatic carbocycles. The lowest BCUT2D eigenvalue weighted by Gasteiger charge is -2.25. The van der Waals surface area contributed by atoms with Crippen molar-refractivity contribution in [1.82, 2.24) is 0 Å². The van der Waals surface area contributed by atoms with Crippen LogP contribution in [0, 0.1) is 0 Å². The molecule has 0 spiro atoms. The largest absolute Gasteiger partial charge is 0.411 e. The highest BCUT2D eigenvalue weighted by Crippen LogP contribution is 2.33. The van der Waals surface area contributed by atoms with Crippen LogP contribution in [0.3, 0.4) is 0 Å². The fourth-order valence-electron chi connectivity index (χ4n) is 2.36. The first-order valence-corrected chi connectivity index (χ1v) is 6.27. The van der Waals surface area contributed by atoms with Crippen LogP contribution in [0.15, 0.2) is 5.16 Å². The standard InChI is InChI=1S/C12H21NO6/c1-11(2)16-6-8(18-11)9(14)10-7(5-13-15)17-12(3,4)19-10/h5,7-10,14-15H,6H2,1-4H3/b13-5-/t7-,8-,9-,10-/m1/s1. The molecular formula is C12H21NO6. The van der Waals surface area contributed by atoms with Crippen molar-refractivity contribution in [2.24, 2.45) is 5.16 Å². The lowest BCUT2D eigenvalue weighted by atomic mass is 10.0. The maximum atomic E-state index is 10.4. The molecule has 2 saturated heterocycles. The smallest absolute Gasteiger partial charge is 0.164 e. The zero-order valence-corrected chi connectivity index (χ0v) is 11.6. The van der Waals surface area contributed by atoms with Gasteiger partial charge in [-0.3, -0.25) is 0 Å². The summed E-state index contributed by atoms with van der Waals surface area (Å²) in [5.41, 5.74) is 0. The Labute approximate surface area is 112 Å². The highest BCUT2D eigenvalue weighted by Gasteiger charge is 2.49. The summed E-state index contributed by atoms with van der Waals surface area (Å²) < 4.78 is 22.2. The van der Waals surface area contributed by atoms with E-state index >= 15 is 0 Å². The van der Waals surface area contributed by atoms with Gasteiger partial charge in [-0.05, 0) is 27.7 Å². The normalized spacial score (nSPS) is 38.9. The molecule has 4 atom stereocenters. The second-order valence-corrected chi connectivity index (χ2v) is 5.69. The average Bonchev–Trinajstić information content (AvgIpc) is 2.78. The van der Waals surface area contributed by atoms with Gasteiger partial charge in [-0.1, -0.05) is 5.16 Å². The Morgan fingerprint density at radius 2 is 1.84 bits per heavy atom. The quantitative estimate of drug-likeness (QED) is 0.442. The highest BCUT2D eigenvalue weighted by molar-refractivity contribution is 5.64. The van der Waals surface area contributed by atoms with Crippen LogP contribution in [0.2, 0.25) is 0 Å². The number of rotatable bonds is 3. The van der Waals surface area contributed by atoms with Crippen LogP contribution in [0.4, 0.5) is 0 Å². The summed E-state index contributed by atoms with van der Waals surface area (Å²) in [7, 11) is 0. The Kier molecular flexibility index (Phi) is 3.85. The first-order chi connectivity index (χ1) is 8.74. The van der Waals surface area contributed by atoms with Gasteiger partial charge in [0.1, 0.15) is 24.4 Å². The van der Waals surface area contributed by atoms with Crippen molar-refractivity contribution in [3.05, 3.63) is 0 Å². The summed E-state index contributed by atoms with van der Waals surface area (Å²) in [6.07, 6.45) is -1.56. The first kappa shape index (κ1) is 14.7. The van der Waals surface area contributed by atoms with Gasteiger partial charge in [-0.25, -0.2) is 0 Å². The summed E-state index contributed by atoms with van der Waals surface area (Å²) in [5.74, 6) is -1.58. The topological polar surface area (TPSA) is 89.7 Å². The molecule has 0 saturated carbocycles. The zero-order valence-electron chi connectivity index (χ0n) is 11.6. The molecule has 0 unspecified atom stereocenters. The van der Waals surface area contributed by atoms with Crippen molar-refractivity contribution in [1.29, 1.82) is 0 Å². The minimum atomic E-state index is -0.938. The zero-order chi connectivity index (χ0) is 14.3. The fraction of sp³-hybridized carbons (Fsp3) is 0.917. The molecule has 7 heteroatoms. The van der Waals surface area contributed by atoms with E-state index in [1.165, 1.54) is 6.21 Å². The van der Waals surface area contributed by atoms with Gasteiger partial charge in [0.15, 0.2) is 11.6 Å². The van der Waals surface area contributed by atoms with E-state index in [-0.39, 0.29) is 6.61 Å². The predicted molar refractivity (Wildman–Crippen MR) is 65.0 cm³/mol. The molecule has 0 amide bonds. The molecule has 2 aliphatic rings. The molecule has 0 aliphatic carbocycles. The minimum Gasteiger partial charge on any atom is -0.411 e. The molecule has 2 N–H and O–H groups in total. The van der Waals surface area contributed by atoms with Crippen LogP contribution >= 0.6 is 0 Å². The van der Waals surface area contributed by atoms with E-state index in [4.69, 9.17) is 24.2 Å². The molecular weight excluding hydrogens is 254 g/mol. The Morgan fingerprint density at radius 3 is 2.37 bits per heavy atom. The lowest BCUT2D eigenvalue weighted by Crippen LogP contribution is -2.45. The second kappa shape index (κ2) is 4.99. The van der Waals surface area contributed by atoms with E-state index in [0.717, 1.165) is 0 Å². The average molecular weight is 275 g/mol. The molecule has 7 nitrogen and oxygen atoms in total. The molecule has 110 valence electrons. The first-order valence-electron chi connectivity index (χ1n) is 6.27.